The third-order valence-corrected chi connectivity index (χ3v) is 3.37. The van der Waals surface area contributed by atoms with Crippen molar-refractivity contribution in [2.45, 2.75) is 26.4 Å². The summed E-state index contributed by atoms with van der Waals surface area (Å²) in [6.45, 7) is 2.62. The van der Waals surface area contributed by atoms with Gasteiger partial charge < -0.3 is 14.8 Å². The van der Waals surface area contributed by atoms with Crippen LogP contribution < -0.4 is 10.1 Å². The molecule has 1 aromatic rings. The lowest BCUT2D eigenvalue weighted by atomic mass is 10.1. The van der Waals surface area contributed by atoms with Crippen LogP contribution in [0.15, 0.2) is 23.2 Å². The third kappa shape index (κ3) is 6.73. The number of esters is 1. The Labute approximate surface area is 149 Å². The Bertz CT molecular complexity index is 660. The molecule has 0 heterocycles. The maximum atomic E-state index is 12.4. The zero-order valence-electron chi connectivity index (χ0n) is 14.7. The largest absolute Gasteiger partial charge is 0.495 e. The molecule has 1 aromatic carbocycles. The van der Waals surface area contributed by atoms with Crippen molar-refractivity contribution in [3.05, 3.63) is 23.8 Å². The number of benzene rings is 1. The number of nitrogens with zero attached hydrogens (tertiary/aromatic N) is 1. The first kappa shape index (κ1) is 21.5. The molecule has 0 aliphatic rings. The highest BCUT2D eigenvalue weighted by Crippen LogP contribution is 2.27. The second-order valence-electron chi connectivity index (χ2n) is 5.39. The number of carbonyl (C=O) groups is 2. The molecule has 26 heavy (non-hydrogen) atoms. The lowest BCUT2D eigenvalue weighted by molar-refractivity contribution is -0.167. The minimum Gasteiger partial charge on any atom is -0.495 e. The topological polar surface area (TPSA) is 77.0 Å². The summed E-state index contributed by atoms with van der Waals surface area (Å²) in [5.41, 5.74) is 0.574. The second-order valence-corrected chi connectivity index (χ2v) is 5.39. The normalized spacial score (nSPS) is 12.7. The van der Waals surface area contributed by atoms with Crippen LogP contribution in [0.3, 0.4) is 0 Å². The smallest absolute Gasteiger partial charge is 0.391 e. The van der Waals surface area contributed by atoms with E-state index >= 15 is 0 Å². The number of halogens is 3. The van der Waals surface area contributed by atoms with Gasteiger partial charge in [-0.25, -0.2) is 4.79 Å². The fraction of sp³-hybridized carbons (Fsp3) is 0.471. The molecule has 0 aliphatic heterocycles. The standard InChI is InChI=1S/C17H21F3N2O4/c1-4-26-16(24)12-5-6-13(14(9-12)25-3)22-15(23)10-21-8-7-11(2)17(18,19)20/h5-6,8-9,11H,4,7,10H2,1-3H3,(H,22,23)/b21-8+/t11-/m1/s1. The van der Waals surface area contributed by atoms with Gasteiger partial charge in [0.1, 0.15) is 12.3 Å². The number of alkyl halides is 3. The Morgan fingerprint density at radius 1 is 1.35 bits per heavy atom. The van der Waals surface area contributed by atoms with Crippen molar-refractivity contribution in [3.8, 4) is 5.75 Å². The number of anilines is 1. The number of rotatable bonds is 8. The highest BCUT2D eigenvalue weighted by molar-refractivity contribution is 5.96. The van der Waals surface area contributed by atoms with Crippen LogP contribution in [0.25, 0.3) is 0 Å². The molecule has 0 aliphatic carbocycles. The predicted molar refractivity (Wildman–Crippen MR) is 90.8 cm³/mol. The fourth-order valence-electron chi connectivity index (χ4n) is 1.84. The Morgan fingerprint density at radius 2 is 2.04 bits per heavy atom. The molecule has 1 N–H and O–H groups in total. The van der Waals surface area contributed by atoms with Gasteiger partial charge in [0.25, 0.3) is 0 Å². The summed E-state index contributed by atoms with van der Waals surface area (Å²) in [5.74, 6) is -2.32. The molecule has 0 saturated carbocycles. The van der Waals surface area contributed by atoms with Crippen LogP contribution in [0.5, 0.6) is 5.75 Å². The zero-order chi connectivity index (χ0) is 19.7. The van der Waals surface area contributed by atoms with Crippen LogP contribution in [0.2, 0.25) is 0 Å². The SMILES string of the molecule is CCOC(=O)c1ccc(NC(=O)C/N=C/C[C@@H](C)C(F)(F)F)c(OC)c1. The van der Waals surface area contributed by atoms with Gasteiger partial charge in [0.2, 0.25) is 5.91 Å². The van der Waals surface area contributed by atoms with E-state index in [1.54, 1.807) is 6.92 Å². The maximum absolute atomic E-state index is 12.4. The lowest BCUT2D eigenvalue weighted by Crippen LogP contribution is -2.20. The minimum absolute atomic E-state index is 0.227. The molecular weight excluding hydrogens is 353 g/mol. The van der Waals surface area contributed by atoms with Crippen molar-refractivity contribution in [3.63, 3.8) is 0 Å². The van der Waals surface area contributed by atoms with Crippen molar-refractivity contribution in [1.82, 2.24) is 0 Å². The summed E-state index contributed by atoms with van der Waals surface area (Å²) in [5, 5.41) is 2.53. The molecule has 0 saturated heterocycles. The van der Waals surface area contributed by atoms with E-state index in [0.29, 0.717) is 5.69 Å². The minimum atomic E-state index is -4.29. The first-order valence-corrected chi connectivity index (χ1v) is 7.89. The molecule has 0 radical (unpaired) electrons. The molecule has 1 atom stereocenters. The molecule has 1 rings (SSSR count). The molecule has 144 valence electrons. The molecule has 0 bridgehead atoms. The van der Waals surface area contributed by atoms with E-state index in [9.17, 15) is 22.8 Å². The zero-order valence-corrected chi connectivity index (χ0v) is 14.7. The number of aliphatic imine (C=N–C) groups is 1. The fourth-order valence-corrected chi connectivity index (χ4v) is 1.84. The third-order valence-electron chi connectivity index (χ3n) is 3.37. The quantitative estimate of drug-likeness (QED) is 0.558. The molecular formula is C17H21F3N2O4. The van der Waals surface area contributed by atoms with Crippen molar-refractivity contribution in [2.24, 2.45) is 10.9 Å². The van der Waals surface area contributed by atoms with Crippen molar-refractivity contribution in [1.29, 1.82) is 0 Å². The number of amides is 1. The van der Waals surface area contributed by atoms with Crippen LogP contribution in [-0.2, 0) is 9.53 Å². The summed E-state index contributed by atoms with van der Waals surface area (Å²) in [6.07, 6.45) is -3.50. The molecule has 0 fully saturated rings. The number of methoxy groups -OCH3 is 1. The number of nitrogens with one attached hydrogen (secondary N) is 1. The Hall–Kier alpha value is -2.58. The van der Waals surface area contributed by atoms with E-state index < -0.39 is 24.0 Å². The van der Waals surface area contributed by atoms with Gasteiger partial charge in [0.05, 0.1) is 30.9 Å². The van der Waals surface area contributed by atoms with Gasteiger partial charge in [-0.15, -0.1) is 0 Å². The van der Waals surface area contributed by atoms with Crippen LogP contribution >= 0.6 is 0 Å². The first-order valence-electron chi connectivity index (χ1n) is 7.89. The van der Waals surface area contributed by atoms with Crippen LogP contribution in [0.4, 0.5) is 18.9 Å². The molecule has 0 aromatic heterocycles. The summed E-state index contributed by atoms with van der Waals surface area (Å²) >= 11 is 0. The van der Waals surface area contributed by atoms with E-state index in [1.807, 2.05) is 0 Å². The Kier molecular flexibility index (Phi) is 8.08. The summed E-state index contributed by atoms with van der Waals surface area (Å²) in [6, 6.07) is 4.35. The van der Waals surface area contributed by atoms with Crippen molar-refractivity contribution < 1.29 is 32.2 Å². The van der Waals surface area contributed by atoms with Gasteiger partial charge in [-0.1, -0.05) is 6.92 Å². The van der Waals surface area contributed by atoms with Crippen molar-refractivity contribution >= 4 is 23.8 Å². The lowest BCUT2D eigenvalue weighted by Gasteiger charge is -2.12. The number of hydrogen-bond donors (Lipinski definition) is 1. The molecule has 6 nitrogen and oxygen atoms in total. The average molecular weight is 374 g/mol. The van der Waals surface area contributed by atoms with E-state index in [0.717, 1.165) is 13.1 Å². The Balaban J connectivity index is 2.65. The highest BCUT2D eigenvalue weighted by Gasteiger charge is 2.34. The van der Waals surface area contributed by atoms with Gasteiger partial charge in [-0.3, -0.25) is 9.79 Å². The van der Waals surface area contributed by atoms with Gasteiger partial charge in [-0.05, 0) is 37.8 Å². The van der Waals surface area contributed by atoms with Gasteiger partial charge >= 0.3 is 12.1 Å². The molecule has 0 unspecified atom stereocenters. The molecule has 1 amide bonds. The first-order chi connectivity index (χ1) is 12.2. The van der Waals surface area contributed by atoms with Gasteiger partial charge in [0.15, 0.2) is 0 Å². The van der Waals surface area contributed by atoms with Crippen molar-refractivity contribution in [2.75, 3.05) is 25.6 Å². The monoisotopic (exact) mass is 374 g/mol. The van der Waals surface area contributed by atoms with E-state index in [2.05, 4.69) is 10.3 Å². The van der Waals surface area contributed by atoms with Gasteiger partial charge in [-0.2, -0.15) is 13.2 Å². The average Bonchev–Trinajstić information content (AvgIpc) is 2.58. The predicted octanol–water partition coefficient (Wildman–Crippen LogP) is 3.47. The second kappa shape index (κ2) is 9.79. The summed E-state index contributed by atoms with van der Waals surface area (Å²) in [7, 11) is 1.37. The van der Waals surface area contributed by atoms with E-state index in [1.165, 1.54) is 25.3 Å². The molecule has 9 heteroatoms. The highest BCUT2D eigenvalue weighted by atomic mass is 19.4. The maximum Gasteiger partial charge on any atom is 0.391 e. The van der Waals surface area contributed by atoms with Crippen LogP contribution in [0.1, 0.15) is 30.6 Å². The van der Waals surface area contributed by atoms with Crippen LogP contribution in [-0.4, -0.2) is 44.5 Å². The summed E-state index contributed by atoms with van der Waals surface area (Å²) in [4.78, 5) is 27.2. The van der Waals surface area contributed by atoms with E-state index in [-0.39, 0.29) is 30.9 Å². The van der Waals surface area contributed by atoms with Gasteiger partial charge in [0, 0.05) is 0 Å². The number of ether oxygens (including phenoxy) is 2. The summed E-state index contributed by atoms with van der Waals surface area (Å²) < 4.78 is 47.1. The number of carbonyl (C=O) groups excluding carboxylic acids is 2. The van der Waals surface area contributed by atoms with Crippen LogP contribution in [0, 0.1) is 5.92 Å². The number of hydrogen-bond acceptors (Lipinski definition) is 5. The Morgan fingerprint density at radius 3 is 2.62 bits per heavy atom. The molecule has 0 spiro atoms. The van der Waals surface area contributed by atoms with E-state index in [4.69, 9.17) is 9.47 Å².